The second-order valence-electron chi connectivity index (χ2n) is 5.99. The lowest BCUT2D eigenvalue weighted by Gasteiger charge is -2.19. The van der Waals surface area contributed by atoms with Crippen LogP contribution in [0.1, 0.15) is 33.3 Å². The van der Waals surface area contributed by atoms with E-state index in [-0.39, 0.29) is 11.6 Å². The fraction of sp³-hybridized carbons (Fsp3) is 0.533. The van der Waals surface area contributed by atoms with Crippen LogP contribution in [0.4, 0.5) is 19.0 Å². The van der Waals surface area contributed by atoms with E-state index >= 15 is 0 Å². The van der Waals surface area contributed by atoms with Crippen molar-refractivity contribution in [3.8, 4) is 5.88 Å². The van der Waals surface area contributed by atoms with Crippen LogP contribution in [0.3, 0.4) is 0 Å². The van der Waals surface area contributed by atoms with E-state index in [1.54, 1.807) is 0 Å². The second-order valence-corrected chi connectivity index (χ2v) is 7.99. The number of hydrogen-bond donors (Lipinski definition) is 2. The van der Waals surface area contributed by atoms with E-state index in [0.717, 1.165) is 11.8 Å². The molecule has 0 bridgehead atoms. The molecule has 0 saturated heterocycles. The Balaban J connectivity index is 3.03. The van der Waals surface area contributed by atoms with Crippen molar-refractivity contribution in [3.63, 3.8) is 0 Å². The summed E-state index contributed by atoms with van der Waals surface area (Å²) in [6.07, 6.45) is -5.31. The van der Waals surface area contributed by atoms with E-state index in [0.29, 0.717) is 6.07 Å². The Morgan fingerprint density at radius 2 is 1.96 bits per heavy atom. The molecule has 0 unspecified atom stereocenters. The Morgan fingerprint density at radius 1 is 1.38 bits per heavy atom. The molecule has 6 nitrogen and oxygen atoms in total. The largest absolute Gasteiger partial charge is 0.480 e. The monoisotopic (exact) mass is 414 g/mol. The standard InChI is InChI=1S/C15H18ClF3N2O4S/c1-7(2)25-12-8(15(17,18)19)5-9(16)11(21-12)20-10(22)6-26-14(3,4)13(23)24/h5,7H,6H2,1-4H3,(H,23,24)(H,20,21,22). The minimum atomic E-state index is -4.73. The maximum Gasteiger partial charge on any atom is 0.421 e. The Labute approximate surface area is 157 Å². The molecule has 26 heavy (non-hydrogen) atoms. The zero-order chi connectivity index (χ0) is 20.3. The fourth-order valence-corrected chi connectivity index (χ4v) is 2.44. The molecule has 0 fully saturated rings. The average Bonchev–Trinajstić information content (AvgIpc) is 2.46. The van der Waals surface area contributed by atoms with Crippen LogP contribution in [-0.4, -0.2) is 38.6 Å². The number of ether oxygens (including phenoxy) is 1. The number of aliphatic carboxylic acids is 1. The molecule has 1 rings (SSSR count). The summed E-state index contributed by atoms with van der Waals surface area (Å²) in [6.45, 7) is 5.90. The number of amides is 1. The van der Waals surface area contributed by atoms with Crippen LogP contribution in [0.5, 0.6) is 5.88 Å². The average molecular weight is 415 g/mol. The quantitative estimate of drug-likeness (QED) is 0.699. The number of carbonyl (C=O) groups is 2. The number of carbonyl (C=O) groups excluding carboxylic acids is 1. The highest BCUT2D eigenvalue weighted by atomic mass is 35.5. The predicted octanol–water partition coefficient (Wildman–Crippen LogP) is 4.08. The van der Waals surface area contributed by atoms with Crippen molar-refractivity contribution in [1.29, 1.82) is 0 Å². The summed E-state index contributed by atoms with van der Waals surface area (Å²) in [5.74, 6) is -3.01. The third-order valence-corrected chi connectivity index (χ3v) is 4.52. The zero-order valence-electron chi connectivity index (χ0n) is 14.4. The van der Waals surface area contributed by atoms with Crippen molar-refractivity contribution in [2.24, 2.45) is 0 Å². The molecule has 0 aliphatic rings. The lowest BCUT2D eigenvalue weighted by Crippen LogP contribution is -2.30. The van der Waals surface area contributed by atoms with Crippen molar-refractivity contribution >= 4 is 41.1 Å². The van der Waals surface area contributed by atoms with Gasteiger partial charge in [0.1, 0.15) is 10.3 Å². The first-order valence-corrected chi connectivity index (χ1v) is 8.72. The summed E-state index contributed by atoms with van der Waals surface area (Å²) in [7, 11) is 0. The van der Waals surface area contributed by atoms with Gasteiger partial charge in [0, 0.05) is 0 Å². The van der Waals surface area contributed by atoms with E-state index in [2.05, 4.69) is 10.3 Å². The third kappa shape index (κ3) is 6.24. The number of anilines is 1. The number of aromatic nitrogens is 1. The first-order chi connectivity index (χ1) is 11.7. The minimum Gasteiger partial charge on any atom is -0.480 e. The van der Waals surface area contributed by atoms with Gasteiger partial charge in [-0.25, -0.2) is 0 Å². The number of nitrogens with zero attached hydrogens (tertiary/aromatic N) is 1. The highest BCUT2D eigenvalue weighted by molar-refractivity contribution is 8.02. The van der Waals surface area contributed by atoms with Crippen LogP contribution in [0.15, 0.2) is 6.07 Å². The summed E-state index contributed by atoms with van der Waals surface area (Å²) in [5.41, 5.74) is -1.16. The topological polar surface area (TPSA) is 88.5 Å². The molecule has 1 amide bonds. The van der Waals surface area contributed by atoms with Gasteiger partial charge in [0.15, 0.2) is 5.82 Å². The van der Waals surface area contributed by atoms with Gasteiger partial charge >= 0.3 is 12.1 Å². The lowest BCUT2D eigenvalue weighted by molar-refractivity contribution is -0.140. The Hall–Kier alpha value is -1.68. The molecular formula is C15H18ClF3N2O4S. The molecular weight excluding hydrogens is 397 g/mol. The Kier molecular flexibility index (Phi) is 7.17. The molecule has 0 spiro atoms. The van der Waals surface area contributed by atoms with Crippen molar-refractivity contribution in [2.75, 3.05) is 11.1 Å². The zero-order valence-corrected chi connectivity index (χ0v) is 16.0. The minimum absolute atomic E-state index is 0.251. The van der Waals surface area contributed by atoms with E-state index in [1.165, 1.54) is 27.7 Å². The normalized spacial score (nSPS) is 12.2. The van der Waals surface area contributed by atoms with Crippen LogP contribution in [0.2, 0.25) is 5.02 Å². The molecule has 0 saturated carbocycles. The summed E-state index contributed by atoms with van der Waals surface area (Å²) in [6, 6.07) is 0.621. The number of nitrogens with one attached hydrogen (secondary N) is 1. The summed E-state index contributed by atoms with van der Waals surface area (Å²) < 4.78 is 43.1. The number of pyridine rings is 1. The molecule has 0 aliphatic heterocycles. The van der Waals surface area contributed by atoms with Crippen LogP contribution in [0, 0.1) is 0 Å². The molecule has 1 aromatic rings. The summed E-state index contributed by atoms with van der Waals surface area (Å²) in [5, 5.41) is 10.9. The van der Waals surface area contributed by atoms with E-state index in [9.17, 15) is 22.8 Å². The van der Waals surface area contributed by atoms with Gasteiger partial charge in [-0.15, -0.1) is 11.8 Å². The van der Waals surface area contributed by atoms with Gasteiger partial charge in [0.25, 0.3) is 0 Å². The molecule has 0 radical (unpaired) electrons. The molecule has 0 aromatic carbocycles. The Morgan fingerprint density at radius 3 is 2.42 bits per heavy atom. The SMILES string of the molecule is CC(C)Oc1nc(NC(=O)CSC(C)(C)C(=O)O)c(Cl)cc1C(F)(F)F. The molecule has 0 atom stereocenters. The predicted molar refractivity (Wildman–Crippen MR) is 92.8 cm³/mol. The third-order valence-electron chi connectivity index (χ3n) is 2.93. The first-order valence-electron chi connectivity index (χ1n) is 7.35. The van der Waals surface area contributed by atoms with E-state index < -0.39 is 45.4 Å². The fourth-order valence-electron chi connectivity index (χ4n) is 1.55. The van der Waals surface area contributed by atoms with Crippen LogP contribution >= 0.6 is 23.4 Å². The van der Waals surface area contributed by atoms with Gasteiger partial charge in [-0.1, -0.05) is 11.6 Å². The number of thioether (sulfide) groups is 1. The van der Waals surface area contributed by atoms with Gasteiger partial charge in [-0.2, -0.15) is 18.2 Å². The molecule has 1 aromatic heterocycles. The first kappa shape index (κ1) is 22.4. The molecule has 2 N–H and O–H groups in total. The second kappa shape index (κ2) is 8.34. The maximum absolute atomic E-state index is 13.1. The van der Waals surface area contributed by atoms with Gasteiger partial charge < -0.3 is 15.2 Å². The molecule has 11 heteroatoms. The van der Waals surface area contributed by atoms with Crippen LogP contribution in [0.25, 0.3) is 0 Å². The molecule has 146 valence electrons. The number of carboxylic acid groups (broad SMARTS) is 1. The smallest absolute Gasteiger partial charge is 0.421 e. The van der Waals surface area contributed by atoms with Crippen molar-refractivity contribution < 1.29 is 32.6 Å². The summed E-state index contributed by atoms with van der Waals surface area (Å²) in [4.78, 5) is 26.6. The highest BCUT2D eigenvalue weighted by Gasteiger charge is 2.37. The summed E-state index contributed by atoms with van der Waals surface area (Å²) >= 11 is 6.64. The number of alkyl halides is 3. The van der Waals surface area contributed by atoms with Crippen molar-refractivity contribution in [2.45, 2.75) is 44.7 Å². The molecule has 1 heterocycles. The van der Waals surface area contributed by atoms with Gasteiger partial charge in [0.2, 0.25) is 11.8 Å². The van der Waals surface area contributed by atoms with Gasteiger partial charge in [-0.05, 0) is 33.8 Å². The lowest BCUT2D eigenvalue weighted by atomic mass is 10.2. The van der Waals surface area contributed by atoms with Gasteiger partial charge in [0.05, 0.1) is 16.9 Å². The Bertz CT molecular complexity index is 696. The maximum atomic E-state index is 13.1. The number of rotatable bonds is 7. The van der Waals surface area contributed by atoms with E-state index in [4.69, 9.17) is 21.4 Å². The number of hydrogen-bond acceptors (Lipinski definition) is 5. The molecule has 0 aliphatic carbocycles. The van der Waals surface area contributed by atoms with E-state index in [1.807, 2.05) is 0 Å². The van der Waals surface area contributed by atoms with Crippen LogP contribution in [-0.2, 0) is 15.8 Å². The highest BCUT2D eigenvalue weighted by Crippen LogP contribution is 2.39. The van der Waals surface area contributed by atoms with Crippen molar-refractivity contribution in [1.82, 2.24) is 4.98 Å². The number of carboxylic acids is 1. The van der Waals surface area contributed by atoms with Gasteiger partial charge in [-0.3, -0.25) is 9.59 Å². The van der Waals surface area contributed by atoms with Crippen molar-refractivity contribution in [3.05, 3.63) is 16.7 Å². The van der Waals surface area contributed by atoms with Crippen LogP contribution < -0.4 is 10.1 Å². The number of halogens is 4.